The van der Waals surface area contributed by atoms with Gasteiger partial charge in [-0.1, -0.05) is 17.3 Å². The number of nitrogens with one attached hydrogen (secondary N) is 2. The van der Waals surface area contributed by atoms with Crippen LogP contribution in [0.2, 0.25) is 0 Å². The molecule has 2 saturated carbocycles. The molecule has 8 heteroatoms. The Morgan fingerprint density at radius 1 is 1.03 bits per heavy atom. The Hall–Kier alpha value is -3.42. The number of benzene rings is 1. The van der Waals surface area contributed by atoms with Crippen molar-refractivity contribution in [1.82, 2.24) is 20.3 Å². The fourth-order valence-electron chi connectivity index (χ4n) is 5.18. The predicted molar refractivity (Wildman–Crippen MR) is 133 cm³/mol. The quantitative estimate of drug-likeness (QED) is 0.458. The first-order chi connectivity index (χ1) is 16.8. The maximum atomic E-state index is 13.6. The van der Waals surface area contributed by atoms with E-state index in [2.05, 4.69) is 20.9 Å². The Labute approximate surface area is 205 Å². The molecule has 0 spiro atoms. The molecule has 0 radical (unpaired) electrons. The Morgan fingerprint density at radius 2 is 1.69 bits per heavy atom. The summed E-state index contributed by atoms with van der Waals surface area (Å²) in [7, 11) is 0. The molecule has 2 heterocycles. The van der Waals surface area contributed by atoms with E-state index in [0.717, 1.165) is 48.3 Å². The number of rotatable bonds is 9. The lowest BCUT2D eigenvalue weighted by molar-refractivity contribution is -0.119. The maximum absolute atomic E-state index is 13.6. The van der Waals surface area contributed by atoms with Crippen molar-refractivity contribution in [3.63, 3.8) is 0 Å². The first kappa shape index (κ1) is 23.3. The van der Waals surface area contributed by atoms with Crippen molar-refractivity contribution >= 4 is 17.5 Å². The number of aromatic nitrogens is 3. The van der Waals surface area contributed by atoms with Gasteiger partial charge >= 0.3 is 0 Å². The molecule has 2 N–H and O–H groups in total. The molecule has 1 aromatic carbocycles. The fourth-order valence-corrected chi connectivity index (χ4v) is 5.18. The van der Waals surface area contributed by atoms with Gasteiger partial charge in [0.1, 0.15) is 17.5 Å². The van der Waals surface area contributed by atoms with Crippen LogP contribution < -0.4 is 10.6 Å². The molecule has 2 aromatic heterocycles. The van der Waals surface area contributed by atoms with Gasteiger partial charge in [0.2, 0.25) is 5.91 Å². The highest BCUT2D eigenvalue weighted by atomic mass is 16.5. The molecule has 5 rings (SSSR count). The Balaban J connectivity index is 1.36. The van der Waals surface area contributed by atoms with Crippen LogP contribution in [0.3, 0.4) is 0 Å². The van der Waals surface area contributed by atoms with Crippen molar-refractivity contribution in [3.05, 3.63) is 53.7 Å². The van der Waals surface area contributed by atoms with Crippen LogP contribution in [0, 0.1) is 31.6 Å². The van der Waals surface area contributed by atoms with Crippen molar-refractivity contribution < 1.29 is 14.1 Å². The Bertz CT molecular complexity index is 1190. The van der Waals surface area contributed by atoms with E-state index in [4.69, 9.17) is 4.52 Å². The molecule has 0 bridgehead atoms. The third-order valence-electron chi connectivity index (χ3n) is 7.15. The molecule has 35 heavy (non-hydrogen) atoms. The van der Waals surface area contributed by atoms with Gasteiger partial charge in [0.25, 0.3) is 5.91 Å². The largest absolute Gasteiger partial charge is 0.361 e. The van der Waals surface area contributed by atoms with Gasteiger partial charge in [-0.15, -0.1) is 0 Å². The zero-order valence-electron chi connectivity index (χ0n) is 20.7. The standard InChI is InChI=1S/C27H33N5O3/c1-15(2)32-22(13-14-28-32)26(33)30-25(24(19-5-6-19)20-7-8-20)27(34)29-21-11-9-18(10-12-21)23-16(3)31-35-17(23)4/h9-15,19-20,24-25H,5-8H2,1-4H3,(H,29,34)(H,30,33)/t25-/m0/s1. The molecule has 2 aliphatic rings. The molecule has 2 aliphatic carbocycles. The van der Waals surface area contributed by atoms with E-state index in [9.17, 15) is 9.59 Å². The Kier molecular flexibility index (Phi) is 6.21. The van der Waals surface area contributed by atoms with Crippen LogP contribution in [0.25, 0.3) is 11.1 Å². The third-order valence-corrected chi connectivity index (χ3v) is 7.15. The average Bonchev–Trinajstić information content (AvgIpc) is 3.76. The summed E-state index contributed by atoms with van der Waals surface area (Å²) in [5.74, 6) is 1.50. The number of carbonyl (C=O) groups excluding carboxylic acids is 2. The Morgan fingerprint density at radius 3 is 2.23 bits per heavy atom. The fraction of sp³-hybridized carbons (Fsp3) is 0.481. The highest BCUT2D eigenvalue weighted by Gasteiger charge is 2.48. The summed E-state index contributed by atoms with van der Waals surface area (Å²) in [6.45, 7) is 7.77. The summed E-state index contributed by atoms with van der Waals surface area (Å²) in [5.41, 5.74) is 3.96. The van der Waals surface area contributed by atoms with E-state index in [1.54, 1.807) is 16.9 Å². The predicted octanol–water partition coefficient (Wildman–Crippen LogP) is 4.91. The highest BCUT2D eigenvalue weighted by Crippen LogP contribution is 2.51. The van der Waals surface area contributed by atoms with Crippen molar-refractivity contribution in [2.75, 3.05) is 5.32 Å². The molecule has 0 unspecified atom stereocenters. The second-order valence-electron chi connectivity index (χ2n) is 10.2. The second kappa shape index (κ2) is 9.32. The monoisotopic (exact) mass is 475 g/mol. The van der Waals surface area contributed by atoms with E-state index >= 15 is 0 Å². The number of anilines is 1. The second-order valence-corrected chi connectivity index (χ2v) is 10.2. The molecule has 184 valence electrons. The van der Waals surface area contributed by atoms with E-state index in [0.29, 0.717) is 23.2 Å². The van der Waals surface area contributed by atoms with Gasteiger partial charge in [-0.3, -0.25) is 14.3 Å². The zero-order valence-corrected chi connectivity index (χ0v) is 20.7. The number of hydrogen-bond acceptors (Lipinski definition) is 5. The lowest BCUT2D eigenvalue weighted by Gasteiger charge is -2.28. The van der Waals surface area contributed by atoms with Gasteiger partial charge in [0.05, 0.1) is 5.69 Å². The van der Waals surface area contributed by atoms with Gasteiger partial charge in [0, 0.05) is 23.5 Å². The van der Waals surface area contributed by atoms with Crippen LogP contribution in [-0.2, 0) is 4.79 Å². The van der Waals surface area contributed by atoms with Crippen LogP contribution in [0.4, 0.5) is 5.69 Å². The summed E-state index contributed by atoms with van der Waals surface area (Å²) in [6.07, 6.45) is 6.12. The van der Waals surface area contributed by atoms with Crippen LogP contribution in [0.1, 0.15) is 67.5 Å². The van der Waals surface area contributed by atoms with Crippen LogP contribution in [0.5, 0.6) is 0 Å². The molecular formula is C27H33N5O3. The summed E-state index contributed by atoms with van der Waals surface area (Å²) in [4.78, 5) is 26.9. The van der Waals surface area contributed by atoms with E-state index < -0.39 is 6.04 Å². The number of hydrogen-bond donors (Lipinski definition) is 2. The summed E-state index contributed by atoms with van der Waals surface area (Å²) in [6, 6.07) is 8.86. The number of aryl methyl sites for hydroxylation is 2. The van der Waals surface area contributed by atoms with Crippen molar-refractivity contribution in [3.8, 4) is 11.1 Å². The minimum atomic E-state index is -0.583. The number of nitrogens with zero attached hydrogens (tertiary/aromatic N) is 3. The first-order valence-corrected chi connectivity index (χ1v) is 12.5. The van der Waals surface area contributed by atoms with Crippen LogP contribution >= 0.6 is 0 Å². The average molecular weight is 476 g/mol. The third kappa shape index (κ3) is 4.88. The van der Waals surface area contributed by atoms with E-state index in [1.165, 1.54) is 0 Å². The minimum absolute atomic E-state index is 0.0527. The van der Waals surface area contributed by atoms with Crippen LogP contribution in [0.15, 0.2) is 41.1 Å². The van der Waals surface area contributed by atoms with Crippen LogP contribution in [-0.4, -0.2) is 32.8 Å². The number of amides is 2. The van der Waals surface area contributed by atoms with Crippen molar-refractivity contribution in [2.24, 2.45) is 17.8 Å². The first-order valence-electron chi connectivity index (χ1n) is 12.5. The van der Waals surface area contributed by atoms with E-state index in [-0.39, 0.29) is 23.8 Å². The summed E-state index contributed by atoms with van der Waals surface area (Å²) < 4.78 is 6.98. The zero-order chi connectivity index (χ0) is 24.7. The van der Waals surface area contributed by atoms with Gasteiger partial charge in [-0.25, -0.2) is 0 Å². The van der Waals surface area contributed by atoms with Gasteiger partial charge in [0.15, 0.2) is 0 Å². The maximum Gasteiger partial charge on any atom is 0.270 e. The summed E-state index contributed by atoms with van der Waals surface area (Å²) >= 11 is 0. The van der Waals surface area contributed by atoms with Gasteiger partial charge < -0.3 is 15.2 Å². The number of carbonyl (C=O) groups is 2. The highest BCUT2D eigenvalue weighted by molar-refractivity contribution is 6.01. The summed E-state index contributed by atoms with van der Waals surface area (Å²) in [5, 5.41) is 14.5. The molecule has 8 nitrogen and oxygen atoms in total. The van der Waals surface area contributed by atoms with Crippen molar-refractivity contribution in [1.29, 1.82) is 0 Å². The lowest BCUT2D eigenvalue weighted by Crippen LogP contribution is -2.50. The molecule has 3 aromatic rings. The van der Waals surface area contributed by atoms with Crippen molar-refractivity contribution in [2.45, 2.75) is 65.5 Å². The smallest absolute Gasteiger partial charge is 0.270 e. The topological polar surface area (TPSA) is 102 Å². The molecule has 2 fully saturated rings. The normalized spacial score (nSPS) is 16.5. The molecule has 1 atom stereocenters. The molecule has 2 amide bonds. The van der Waals surface area contributed by atoms with Gasteiger partial charge in [-0.05, 0) is 94.9 Å². The van der Waals surface area contributed by atoms with Gasteiger partial charge in [-0.2, -0.15) is 5.10 Å². The lowest BCUT2D eigenvalue weighted by atomic mass is 9.88. The SMILES string of the molecule is Cc1noc(C)c1-c1ccc(NC(=O)[C@@H](NC(=O)c2ccnn2C(C)C)C(C2CC2)C2CC2)cc1. The molecule has 0 aliphatic heterocycles. The molecular weight excluding hydrogens is 442 g/mol. The van der Waals surface area contributed by atoms with E-state index in [1.807, 2.05) is 52.0 Å². The molecule has 0 saturated heterocycles. The minimum Gasteiger partial charge on any atom is -0.361 e.